The largest absolute Gasteiger partial charge is 0.534 e. The summed E-state index contributed by atoms with van der Waals surface area (Å²) < 4.78 is 76.4. The van der Waals surface area contributed by atoms with E-state index in [-0.39, 0.29) is 30.9 Å². The Balaban J connectivity index is 2.09. The van der Waals surface area contributed by atoms with Crippen molar-refractivity contribution in [2.45, 2.75) is 25.4 Å². The zero-order chi connectivity index (χ0) is 22.3. The van der Waals surface area contributed by atoms with Crippen molar-refractivity contribution in [1.29, 1.82) is 0 Å². The predicted octanol–water partition coefficient (Wildman–Crippen LogP) is 2.49. The molecule has 2 heterocycles. The number of carbonyl (C=O) groups excluding carboxylic acids is 1. The van der Waals surface area contributed by atoms with Crippen LogP contribution in [0, 0.1) is 0 Å². The first-order valence-electron chi connectivity index (χ1n) is 8.62. The van der Waals surface area contributed by atoms with Gasteiger partial charge in [-0.05, 0) is 31.0 Å². The molecule has 12 heteroatoms. The number of hydrogen-bond acceptors (Lipinski definition) is 7. The molecule has 0 saturated heterocycles. The van der Waals surface area contributed by atoms with Gasteiger partial charge in [0, 0.05) is 24.4 Å². The molecule has 1 aliphatic heterocycles. The molecule has 0 aliphatic carbocycles. The van der Waals surface area contributed by atoms with Crippen molar-refractivity contribution < 1.29 is 40.0 Å². The SMILES string of the molecule is CCOC(=O)c1cn2c(cc1=O)-c1cc(OC)c(OS(=O)(=O)C(F)(F)F)cc1CC2. The second-order valence-corrected chi connectivity index (χ2v) is 7.78. The van der Waals surface area contributed by atoms with Gasteiger partial charge in [-0.25, -0.2) is 4.79 Å². The number of fused-ring (bicyclic) bond motifs is 3. The number of benzene rings is 1. The van der Waals surface area contributed by atoms with Crippen LogP contribution in [0.25, 0.3) is 11.3 Å². The molecule has 0 bridgehead atoms. The molecule has 0 saturated carbocycles. The van der Waals surface area contributed by atoms with E-state index in [1.165, 1.54) is 18.3 Å². The molecule has 8 nitrogen and oxygen atoms in total. The number of alkyl halides is 3. The molecule has 3 rings (SSSR count). The van der Waals surface area contributed by atoms with Crippen molar-refractivity contribution in [1.82, 2.24) is 4.57 Å². The van der Waals surface area contributed by atoms with Crippen molar-refractivity contribution in [2.24, 2.45) is 0 Å². The molecular formula is C18H16F3NO7S. The Labute approximate surface area is 168 Å². The molecule has 0 spiro atoms. The van der Waals surface area contributed by atoms with Crippen LogP contribution < -0.4 is 14.3 Å². The van der Waals surface area contributed by atoms with Crippen LogP contribution >= 0.6 is 0 Å². The van der Waals surface area contributed by atoms with Gasteiger partial charge in [-0.2, -0.15) is 21.6 Å². The van der Waals surface area contributed by atoms with Gasteiger partial charge >= 0.3 is 21.6 Å². The summed E-state index contributed by atoms with van der Waals surface area (Å²) in [6.45, 7) is 1.99. The number of halogens is 3. The van der Waals surface area contributed by atoms with E-state index in [1.807, 2.05) is 0 Å². The van der Waals surface area contributed by atoms with Crippen LogP contribution in [0.2, 0.25) is 0 Å². The molecular weight excluding hydrogens is 431 g/mol. The molecule has 0 N–H and O–H groups in total. The number of carbonyl (C=O) groups is 1. The topological polar surface area (TPSA) is 101 Å². The maximum Gasteiger partial charge on any atom is 0.534 e. The lowest BCUT2D eigenvalue weighted by molar-refractivity contribution is -0.0500. The molecule has 162 valence electrons. The number of rotatable bonds is 5. The Bertz CT molecular complexity index is 1170. The van der Waals surface area contributed by atoms with Crippen LogP contribution in [0.3, 0.4) is 0 Å². The third-order valence-corrected chi connectivity index (χ3v) is 5.36. The van der Waals surface area contributed by atoms with E-state index < -0.39 is 32.8 Å². The summed E-state index contributed by atoms with van der Waals surface area (Å²) in [6.07, 6.45) is 1.63. The van der Waals surface area contributed by atoms with Crippen LogP contribution in [0.5, 0.6) is 11.5 Å². The van der Waals surface area contributed by atoms with Gasteiger partial charge in [0.15, 0.2) is 16.9 Å². The van der Waals surface area contributed by atoms with Crippen LogP contribution in [0.1, 0.15) is 22.8 Å². The van der Waals surface area contributed by atoms with Crippen molar-refractivity contribution in [3.63, 3.8) is 0 Å². The molecule has 0 radical (unpaired) electrons. The third-order valence-electron chi connectivity index (χ3n) is 4.39. The van der Waals surface area contributed by atoms with Crippen molar-refractivity contribution in [2.75, 3.05) is 13.7 Å². The van der Waals surface area contributed by atoms with Gasteiger partial charge in [0.05, 0.1) is 19.4 Å². The molecule has 1 aromatic carbocycles. The van der Waals surface area contributed by atoms with Crippen molar-refractivity contribution in [3.05, 3.63) is 45.7 Å². The summed E-state index contributed by atoms with van der Waals surface area (Å²) in [4.78, 5) is 24.3. The number of methoxy groups -OCH3 is 1. The first-order chi connectivity index (χ1) is 14.0. The van der Waals surface area contributed by atoms with Crippen LogP contribution in [-0.2, 0) is 27.8 Å². The van der Waals surface area contributed by atoms with Crippen LogP contribution in [0.15, 0.2) is 29.2 Å². The Morgan fingerprint density at radius 2 is 1.90 bits per heavy atom. The second-order valence-electron chi connectivity index (χ2n) is 6.24. The zero-order valence-electron chi connectivity index (χ0n) is 15.8. The lowest BCUT2D eigenvalue weighted by Crippen LogP contribution is -2.28. The lowest BCUT2D eigenvalue weighted by atomic mass is 9.96. The van der Waals surface area contributed by atoms with Gasteiger partial charge in [-0.3, -0.25) is 4.79 Å². The minimum Gasteiger partial charge on any atom is -0.493 e. The van der Waals surface area contributed by atoms with Gasteiger partial charge in [-0.15, -0.1) is 0 Å². The Kier molecular flexibility index (Phi) is 5.54. The number of aromatic nitrogens is 1. The molecule has 1 aromatic heterocycles. The average Bonchev–Trinajstić information content (AvgIpc) is 2.65. The highest BCUT2D eigenvalue weighted by Gasteiger charge is 2.49. The number of hydrogen-bond donors (Lipinski definition) is 0. The van der Waals surface area contributed by atoms with Gasteiger partial charge in [-0.1, -0.05) is 0 Å². The van der Waals surface area contributed by atoms with E-state index in [0.29, 0.717) is 16.8 Å². The Morgan fingerprint density at radius 1 is 1.20 bits per heavy atom. The first-order valence-corrected chi connectivity index (χ1v) is 10.0. The summed E-state index contributed by atoms with van der Waals surface area (Å²) >= 11 is 0. The number of esters is 1. The fourth-order valence-electron chi connectivity index (χ4n) is 3.03. The summed E-state index contributed by atoms with van der Waals surface area (Å²) in [5.41, 5.74) is -5.07. The highest BCUT2D eigenvalue weighted by Crippen LogP contribution is 2.40. The van der Waals surface area contributed by atoms with E-state index in [4.69, 9.17) is 9.47 Å². The molecule has 0 amide bonds. The van der Waals surface area contributed by atoms with E-state index in [2.05, 4.69) is 4.18 Å². The fourth-order valence-corrected chi connectivity index (χ4v) is 3.49. The van der Waals surface area contributed by atoms with Gasteiger partial charge in [0.25, 0.3) is 0 Å². The van der Waals surface area contributed by atoms with Crippen LogP contribution in [-0.4, -0.2) is 38.2 Å². The highest BCUT2D eigenvalue weighted by molar-refractivity contribution is 7.88. The van der Waals surface area contributed by atoms with Gasteiger partial charge in [0.1, 0.15) is 5.56 Å². The average molecular weight is 447 g/mol. The molecule has 0 fully saturated rings. The normalized spacial score (nSPS) is 13.2. The van der Waals surface area contributed by atoms with E-state index in [9.17, 15) is 31.2 Å². The maximum atomic E-state index is 12.7. The van der Waals surface area contributed by atoms with Crippen molar-refractivity contribution in [3.8, 4) is 22.8 Å². The van der Waals surface area contributed by atoms with Crippen LogP contribution in [0.4, 0.5) is 13.2 Å². The second kappa shape index (κ2) is 7.67. The minimum atomic E-state index is -5.88. The summed E-state index contributed by atoms with van der Waals surface area (Å²) in [6, 6.07) is 3.62. The lowest BCUT2D eigenvalue weighted by Gasteiger charge is -2.24. The maximum absolute atomic E-state index is 12.7. The number of pyridine rings is 1. The van der Waals surface area contributed by atoms with E-state index in [1.54, 1.807) is 11.5 Å². The molecule has 0 unspecified atom stereocenters. The van der Waals surface area contributed by atoms with E-state index >= 15 is 0 Å². The van der Waals surface area contributed by atoms with E-state index in [0.717, 1.165) is 13.2 Å². The monoisotopic (exact) mass is 447 g/mol. The van der Waals surface area contributed by atoms with Gasteiger partial charge < -0.3 is 18.2 Å². The third kappa shape index (κ3) is 3.86. The van der Waals surface area contributed by atoms with Crippen molar-refractivity contribution >= 4 is 16.1 Å². The smallest absolute Gasteiger partial charge is 0.493 e. The summed E-state index contributed by atoms with van der Waals surface area (Å²) in [7, 11) is -4.75. The number of nitrogens with zero attached hydrogens (tertiary/aromatic N) is 1. The fraction of sp³-hybridized carbons (Fsp3) is 0.333. The minimum absolute atomic E-state index is 0.101. The quantitative estimate of drug-likeness (QED) is 0.394. The highest BCUT2D eigenvalue weighted by atomic mass is 32.2. The number of aryl methyl sites for hydroxylation is 2. The molecule has 0 atom stereocenters. The first kappa shape index (κ1) is 21.7. The molecule has 30 heavy (non-hydrogen) atoms. The zero-order valence-corrected chi connectivity index (χ0v) is 16.6. The predicted molar refractivity (Wildman–Crippen MR) is 98.0 cm³/mol. The standard InChI is InChI=1S/C18H16F3NO7S/c1-3-28-17(24)12-9-22-5-4-10-6-16(29-30(25,26)18(19,20)21)15(27-2)7-11(10)13(22)8-14(12)23/h6-9H,3-5H2,1-2H3. The molecule has 1 aliphatic rings. The molecule has 2 aromatic rings. The summed E-state index contributed by atoms with van der Waals surface area (Å²) in [5.74, 6) is -1.65. The Hall–Kier alpha value is -3.02. The summed E-state index contributed by atoms with van der Waals surface area (Å²) in [5, 5.41) is 0. The number of ether oxygens (including phenoxy) is 2. The van der Waals surface area contributed by atoms with Gasteiger partial charge in [0.2, 0.25) is 0 Å². The Morgan fingerprint density at radius 3 is 2.50 bits per heavy atom.